The molecule has 0 aromatic rings. The molecule has 0 aliphatic carbocycles. The van der Waals surface area contributed by atoms with Crippen molar-refractivity contribution in [3.8, 4) is 0 Å². The Morgan fingerprint density at radius 3 is 1.46 bits per heavy atom. The minimum atomic E-state index is -4.76. The molecule has 0 amide bonds. The van der Waals surface area contributed by atoms with E-state index < -0.39 is 16.1 Å². The van der Waals surface area contributed by atoms with Crippen molar-refractivity contribution < 1.29 is 153 Å². The van der Waals surface area contributed by atoms with Gasteiger partial charge in [0.2, 0.25) is 0 Å². The molecule has 13 heavy (non-hydrogen) atoms. The average molecular weight is 294 g/mol. The molecule has 0 aliphatic heterocycles. The SMILES string of the molecule is Cl.O=[P+](O)OP(=O)(O)O.[H+].[H-].[H-].[H-].[H-].[Na+].[Na+].[Na+].[Na+]. The Kier molecular flexibility index (Phi) is 52.1. The summed E-state index contributed by atoms with van der Waals surface area (Å²) in [5.74, 6) is 0. The zero-order valence-corrected chi connectivity index (χ0v) is 18.5. The first-order chi connectivity index (χ1) is 3.42. The van der Waals surface area contributed by atoms with Crippen molar-refractivity contribution in [2.24, 2.45) is 0 Å². The normalized spacial score (nSPS) is 8.38. The van der Waals surface area contributed by atoms with Crippen LogP contribution in [0.3, 0.4) is 0 Å². The third-order valence-electron chi connectivity index (χ3n) is 0.176. The van der Waals surface area contributed by atoms with E-state index in [0.717, 1.165) is 0 Å². The van der Waals surface area contributed by atoms with Crippen molar-refractivity contribution in [3.05, 3.63) is 0 Å². The van der Waals surface area contributed by atoms with Gasteiger partial charge in [-0.3, -0.25) is 0 Å². The summed E-state index contributed by atoms with van der Waals surface area (Å²) in [6.07, 6.45) is 0. The van der Waals surface area contributed by atoms with E-state index >= 15 is 0 Å². The van der Waals surface area contributed by atoms with Gasteiger partial charge in [-0.2, -0.15) is 0 Å². The molecule has 0 aromatic heterocycles. The summed E-state index contributed by atoms with van der Waals surface area (Å²) in [4.78, 5) is 23.1. The Labute approximate surface area is 179 Å². The van der Waals surface area contributed by atoms with Gasteiger partial charge in [-0.1, -0.05) is 0 Å². The minimum Gasteiger partial charge on any atom is -1.00 e. The fraction of sp³-hybridized carbons (Fsp3) is 0. The van der Waals surface area contributed by atoms with E-state index in [1.165, 1.54) is 0 Å². The van der Waals surface area contributed by atoms with Gasteiger partial charge in [0.1, 0.15) is 0 Å². The van der Waals surface area contributed by atoms with E-state index in [0.29, 0.717) is 0 Å². The molecule has 0 spiro atoms. The largest absolute Gasteiger partial charge is 1.00 e. The summed E-state index contributed by atoms with van der Waals surface area (Å²) in [6, 6.07) is 0. The third kappa shape index (κ3) is 38.5. The van der Waals surface area contributed by atoms with Gasteiger partial charge in [0.25, 0.3) is 0 Å². The zero-order chi connectivity index (χ0) is 6.78. The predicted molar refractivity (Wildman–Crippen MR) is 35.8 cm³/mol. The van der Waals surface area contributed by atoms with Gasteiger partial charge < -0.3 is 15.5 Å². The van der Waals surface area contributed by atoms with Crippen LogP contribution in [0.15, 0.2) is 0 Å². The van der Waals surface area contributed by atoms with Gasteiger partial charge in [0.15, 0.2) is 0 Å². The molecule has 0 saturated heterocycles. The molecular formula is H9ClNa4O6P2+2. The van der Waals surface area contributed by atoms with E-state index in [1.54, 1.807) is 0 Å². The van der Waals surface area contributed by atoms with Crippen molar-refractivity contribution in [1.29, 1.82) is 0 Å². The second-order valence-electron chi connectivity index (χ2n) is 0.810. The molecule has 0 heterocycles. The minimum absolute atomic E-state index is 0. The number of hydrogen-bond acceptors (Lipinski definition) is 3. The maximum Gasteiger partial charge on any atom is 1.00 e. The quantitative estimate of drug-likeness (QED) is 0.345. The number of phosphoric acid groups is 1. The summed E-state index contributed by atoms with van der Waals surface area (Å²) in [5, 5.41) is 0. The number of rotatable bonds is 2. The summed E-state index contributed by atoms with van der Waals surface area (Å²) < 4.78 is 22.2. The monoisotopic (exact) mass is 294 g/mol. The fourth-order valence-corrected chi connectivity index (χ4v) is 0.819. The molecule has 13 heteroatoms. The Hall–Kier alpha value is 4.46. The van der Waals surface area contributed by atoms with E-state index in [-0.39, 0.29) is 138 Å². The van der Waals surface area contributed by atoms with Crippen LogP contribution >= 0.6 is 28.5 Å². The molecule has 6 nitrogen and oxygen atoms in total. The molecular weight excluding hydrogens is 285 g/mol. The standard InChI is InChI=1S/ClH.4Na.H2O6P2.4H/c;;;;;1-7(2)6-8(3,4)5;;;;/h1H;;;;;(H2-,1,2,3,4,5);;;;/q;4*+1;;4*-1/p+2. The van der Waals surface area contributed by atoms with Crippen molar-refractivity contribution in [2.45, 2.75) is 0 Å². The molecule has 0 saturated carbocycles. The molecule has 0 radical (unpaired) electrons. The fourth-order valence-electron chi connectivity index (χ4n) is 0.0910. The molecule has 0 aliphatic rings. The molecule has 0 rings (SSSR count). The van der Waals surface area contributed by atoms with Crippen LogP contribution in [0.1, 0.15) is 7.13 Å². The molecule has 1 atom stereocenters. The van der Waals surface area contributed by atoms with Crippen LogP contribution in [-0.2, 0) is 13.4 Å². The smallest absolute Gasteiger partial charge is 1.00 e. The zero-order valence-electron chi connectivity index (χ0n) is 12.9. The first kappa shape index (κ1) is 36.0. The predicted octanol–water partition coefficient (Wildman–Crippen LogP) is -11.3. The topological polar surface area (TPSA) is 104 Å². The van der Waals surface area contributed by atoms with Crippen LogP contribution in [0.25, 0.3) is 0 Å². The first-order valence-electron chi connectivity index (χ1n) is 1.33. The van der Waals surface area contributed by atoms with Crippen molar-refractivity contribution >= 4 is 28.5 Å². The van der Waals surface area contributed by atoms with Gasteiger partial charge in [-0.15, -0.1) is 17.3 Å². The van der Waals surface area contributed by atoms with Crippen molar-refractivity contribution in [2.75, 3.05) is 0 Å². The molecule has 1 unspecified atom stereocenters. The molecule has 0 aromatic carbocycles. The Balaban J connectivity index is -0.00000000544. The second kappa shape index (κ2) is 18.8. The maximum atomic E-state index is 9.57. The third-order valence-corrected chi connectivity index (χ3v) is 1.59. The van der Waals surface area contributed by atoms with Crippen LogP contribution < -0.4 is 118 Å². The summed E-state index contributed by atoms with van der Waals surface area (Å²) >= 11 is 0. The van der Waals surface area contributed by atoms with Crippen LogP contribution in [0.2, 0.25) is 0 Å². The van der Waals surface area contributed by atoms with Gasteiger partial charge in [-0.05, 0) is 4.31 Å². The van der Waals surface area contributed by atoms with Crippen molar-refractivity contribution in [1.82, 2.24) is 0 Å². The first-order valence-corrected chi connectivity index (χ1v) is 3.99. The van der Waals surface area contributed by atoms with Crippen LogP contribution in [0.5, 0.6) is 0 Å². The summed E-state index contributed by atoms with van der Waals surface area (Å²) in [6.45, 7) is 0. The van der Waals surface area contributed by atoms with E-state index in [2.05, 4.69) is 4.31 Å². The van der Waals surface area contributed by atoms with E-state index in [1.807, 2.05) is 0 Å². The van der Waals surface area contributed by atoms with Gasteiger partial charge in [0, 0.05) is 4.57 Å². The Morgan fingerprint density at radius 1 is 1.23 bits per heavy atom. The Morgan fingerprint density at radius 2 is 1.46 bits per heavy atom. The van der Waals surface area contributed by atoms with Gasteiger partial charge in [-0.25, -0.2) is 4.57 Å². The molecule has 0 fully saturated rings. The number of hydrogen-bond donors (Lipinski definition) is 3. The van der Waals surface area contributed by atoms with Crippen LogP contribution in [0, 0.1) is 0 Å². The number of halogens is 1. The molecule has 3 N–H and O–H groups in total. The van der Waals surface area contributed by atoms with Gasteiger partial charge in [0.05, 0.1) is 0 Å². The van der Waals surface area contributed by atoms with Gasteiger partial charge >= 0.3 is 136 Å². The second-order valence-corrected chi connectivity index (χ2v) is 2.92. The van der Waals surface area contributed by atoms with Crippen molar-refractivity contribution in [3.63, 3.8) is 0 Å². The summed E-state index contributed by atoms with van der Waals surface area (Å²) in [7, 11) is -7.96. The van der Waals surface area contributed by atoms with Crippen LogP contribution in [0.4, 0.5) is 0 Å². The summed E-state index contributed by atoms with van der Waals surface area (Å²) in [5.41, 5.74) is 0. The average Bonchev–Trinajstić information content (AvgIpc) is 1.21. The maximum absolute atomic E-state index is 9.57. The molecule has 64 valence electrons. The Bertz CT molecular complexity index is 161. The van der Waals surface area contributed by atoms with E-state index in [9.17, 15) is 9.13 Å². The molecule has 0 bridgehead atoms. The van der Waals surface area contributed by atoms with E-state index in [4.69, 9.17) is 14.7 Å². The van der Waals surface area contributed by atoms with Crippen LogP contribution in [-0.4, -0.2) is 14.7 Å².